The molecular weight excluding hydrogens is 290 g/mol. The van der Waals surface area contributed by atoms with Crippen molar-refractivity contribution < 1.29 is 19.1 Å². The zero-order valence-electron chi connectivity index (χ0n) is 13.3. The van der Waals surface area contributed by atoms with Gasteiger partial charge in [0.15, 0.2) is 0 Å². The number of hydrogen-bond acceptors (Lipinski definition) is 5. The Morgan fingerprint density at radius 1 is 1.14 bits per heavy atom. The lowest BCUT2D eigenvalue weighted by atomic mass is 10.1. The molecule has 5 nitrogen and oxygen atoms in total. The van der Waals surface area contributed by atoms with Crippen LogP contribution in [0.25, 0.3) is 0 Å². The van der Waals surface area contributed by atoms with Gasteiger partial charge in [-0.1, -0.05) is 32.6 Å². The second kappa shape index (κ2) is 12.7. The van der Waals surface area contributed by atoms with E-state index >= 15 is 0 Å². The minimum atomic E-state index is -0.737. The number of ether oxygens (including phenoxy) is 1. The van der Waals surface area contributed by atoms with Gasteiger partial charge in [-0.2, -0.15) is 11.8 Å². The van der Waals surface area contributed by atoms with Gasteiger partial charge in [0.1, 0.15) is 6.04 Å². The Morgan fingerprint density at radius 2 is 1.81 bits per heavy atom. The smallest absolute Gasteiger partial charge is 0.336 e. The minimum Gasteiger partial charge on any atom is -0.392 e. The molecule has 0 aliphatic carbocycles. The Balaban J connectivity index is 4.08. The molecule has 0 saturated carbocycles. The molecule has 0 heterocycles. The number of carbonyl (C=O) groups excluding carboxylic acids is 3. The summed E-state index contributed by atoms with van der Waals surface area (Å²) in [5.41, 5.74) is 0. The first-order valence-electron chi connectivity index (χ1n) is 7.51. The molecule has 0 spiro atoms. The topological polar surface area (TPSA) is 72.5 Å². The zero-order valence-corrected chi connectivity index (χ0v) is 14.1. The Hall–Kier alpha value is -1.04. The fourth-order valence-corrected chi connectivity index (χ4v) is 2.31. The van der Waals surface area contributed by atoms with Crippen LogP contribution in [0.15, 0.2) is 0 Å². The van der Waals surface area contributed by atoms with E-state index in [1.807, 2.05) is 6.26 Å². The lowest BCUT2D eigenvalue weighted by Gasteiger charge is -2.15. The van der Waals surface area contributed by atoms with Gasteiger partial charge in [-0.3, -0.25) is 9.59 Å². The second-order valence-electron chi connectivity index (χ2n) is 4.99. The van der Waals surface area contributed by atoms with Gasteiger partial charge in [0.05, 0.1) is 0 Å². The van der Waals surface area contributed by atoms with Crippen LogP contribution < -0.4 is 5.32 Å². The molecule has 21 heavy (non-hydrogen) atoms. The van der Waals surface area contributed by atoms with Crippen molar-refractivity contribution >= 4 is 29.6 Å². The Bertz CT molecular complexity index is 334. The molecule has 1 amide bonds. The molecule has 0 saturated heterocycles. The fraction of sp³-hybridized carbons (Fsp3) is 0.800. The standard InChI is InChI=1S/C15H27NO4S/c1-4-5-6-7-8-9-14(18)20-15(19)13(10-11-21-3)16-12(2)17/h13H,4-11H2,1-3H3,(H,16,17)/t13-/m0/s1. The van der Waals surface area contributed by atoms with E-state index in [1.54, 1.807) is 11.8 Å². The van der Waals surface area contributed by atoms with Crippen molar-refractivity contribution in [3.63, 3.8) is 0 Å². The number of hydrogen-bond donors (Lipinski definition) is 1. The summed E-state index contributed by atoms with van der Waals surface area (Å²) in [6, 6.07) is -0.737. The van der Waals surface area contributed by atoms with Crippen molar-refractivity contribution in [1.82, 2.24) is 5.32 Å². The third-order valence-corrected chi connectivity index (χ3v) is 3.62. The fourth-order valence-electron chi connectivity index (χ4n) is 1.84. The van der Waals surface area contributed by atoms with Crippen molar-refractivity contribution in [3.05, 3.63) is 0 Å². The predicted molar refractivity (Wildman–Crippen MR) is 85.1 cm³/mol. The molecule has 0 aliphatic rings. The molecule has 0 unspecified atom stereocenters. The van der Waals surface area contributed by atoms with Crippen LogP contribution in [-0.4, -0.2) is 35.9 Å². The molecule has 0 aliphatic heterocycles. The summed E-state index contributed by atoms with van der Waals surface area (Å²) in [6.45, 7) is 3.47. The van der Waals surface area contributed by atoms with Crippen molar-refractivity contribution in [2.45, 2.75) is 64.8 Å². The lowest BCUT2D eigenvalue weighted by Crippen LogP contribution is -2.41. The first-order valence-corrected chi connectivity index (χ1v) is 8.91. The van der Waals surface area contributed by atoms with Crippen molar-refractivity contribution in [1.29, 1.82) is 0 Å². The molecule has 0 rings (SSSR count). The highest BCUT2D eigenvalue weighted by atomic mass is 32.2. The van der Waals surface area contributed by atoms with E-state index < -0.39 is 18.0 Å². The third kappa shape index (κ3) is 11.3. The largest absolute Gasteiger partial charge is 0.392 e. The normalized spacial score (nSPS) is 11.8. The van der Waals surface area contributed by atoms with Crippen LogP contribution in [0.5, 0.6) is 0 Å². The molecule has 0 aromatic heterocycles. The lowest BCUT2D eigenvalue weighted by molar-refractivity contribution is -0.162. The van der Waals surface area contributed by atoms with E-state index in [-0.39, 0.29) is 12.3 Å². The van der Waals surface area contributed by atoms with Gasteiger partial charge in [0.2, 0.25) is 5.91 Å². The molecule has 6 heteroatoms. The molecular formula is C15H27NO4S. The van der Waals surface area contributed by atoms with Crippen LogP contribution in [0.3, 0.4) is 0 Å². The van der Waals surface area contributed by atoms with Crippen molar-refractivity contribution in [2.24, 2.45) is 0 Å². The number of unbranched alkanes of at least 4 members (excludes halogenated alkanes) is 4. The summed E-state index contributed by atoms with van der Waals surface area (Å²) in [6.07, 6.45) is 7.75. The highest BCUT2D eigenvalue weighted by Crippen LogP contribution is 2.07. The average molecular weight is 317 g/mol. The molecule has 0 radical (unpaired) electrons. The maximum atomic E-state index is 11.9. The SMILES string of the molecule is CCCCCCCC(=O)OC(=O)[C@H](CCSC)NC(C)=O. The maximum Gasteiger partial charge on any atom is 0.336 e. The van der Waals surface area contributed by atoms with Gasteiger partial charge in [0.25, 0.3) is 0 Å². The minimum absolute atomic E-state index is 0.255. The van der Waals surface area contributed by atoms with Crippen LogP contribution in [0.4, 0.5) is 0 Å². The summed E-state index contributed by atoms with van der Waals surface area (Å²) in [7, 11) is 0. The number of rotatable bonds is 11. The third-order valence-electron chi connectivity index (χ3n) is 2.97. The van der Waals surface area contributed by atoms with Crippen LogP contribution in [0.1, 0.15) is 58.8 Å². The molecule has 122 valence electrons. The number of nitrogens with one attached hydrogen (secondary N) is 1. The number of thioether (sulfide) groups is 1. The van der Waals surface area contributed by atoms with Gasteiger partial charge in [-0.15, -0.1) is 0 Å². The number of esters is 2. The number of carbonyl (C=O) groups is 3. The van der Waals surface area contributed by atoms with Gasteiger partial charge >= 0.3 is 11.9 Å². The van der Waals surface area contributed by atoms with Gasteiger partial charge in [-0.25, -0.2) is 4.79 Å². The van der Waals surface area contributed by atoms with Crippen LogP contribution in [-0.2, 0) is 19.1 Å². The molecule has 0 bridgehead atoms. The summed E-state index contributed by atoms with van der Waals surface area (Å²) in [4.78, 5) is 34.5. The molecule has 0 aromatic rings. The van der Waals surface area contributed by atoms with Gasteiger partial charge in [0, 0.05) is 13.3 Å². The first kappa shape index (κ1) is 20.0. The van der Waals surface area contributed by atoms with Gasteiger partial charge in [-0.05, 0) is 24.9 Å². The molecule has 0 fully saturated rings. The van der Waals surface area contributed by atoms with E-state index in [0.29, 0.717) is 12.2 Å². The molecule has 1 atom stereocenters. The van der Waals surface area contributed by atoms with Crippen molar-refractivity contribution in [2.75, 3.05) is 12.0 Å². The van der Waals surface area contributed by atoms with Crippen LogP contribution >= 0.6 is 11.8 Å². The monoisotopic (exact) mass is 317 g/mol. The zero-order chi connectivity index (χ0) is 16.1. The van der Waals surface area contributed by atoms with E-state index in [4.69, 9.17) is 4.74 Å². The quantitative estimate of drug-likeness (QED) is 0.360. The average Bonchev–Trinajstić information content (AvgIpc) is 2.42. The van der Waals surface area contributed by atoms with Gasteiger partial charge < -0.3 is 10.1 Å². The highest BCUT2D eigenvalue weighted by Gasteiger charge is 2.23. The van der Waals surface area contributed by atoms with Crippen molar-refractivity contribution in [3.8, 4) is 0 Å². The summed E-state index contributed by atoms with van der Waals surface area (Å²) in [5.74, 6) is -0.746. The van der Waals surface area contributed by atoms with E-state index in [2.05, 4.69) is 12.2 Å². The summed E-state index contributed by atoms with van der Waals surface area (Å²) < 4.78 is 4.82. The highest BCUT2D eigenvalue weighted by molar-refractivity contribution is 7.98. The number of amides is 1. The van der Waals surface area contributed by atoms with Crippen LogP contribution in [0.2, 0.25) is 0 Å². The maximum absolute atomic E-state index is 11.9. The Morgan fingerprint density at radius 3 is 2.38 bits per heavy atom. The first-order chi connectivity index (χ1) is 10.0. The predicted octanol–water partition coefficient (Wildman–Crippen LogP) is 2.67. The van der Waals surface area contributed by atoms with Crippen LogP contribution in [0, 0.1) is 0 Å². The second-order valence-corrected chi connectivity index (χ2v) is 5.98. The Labute approximate surface area is 131 Å². The van der Waals surface area contributed by atoms with E-state index in [1.165, 1.54) is 6.92 Å². The Kier molecular flexibility index (Phi) is 12.1. The van der Waals surface area contributed by atoms with E-state index in [9.17, 15) is 14.4 Å². The van der Waals surface area contributed by atoms with E-state index in [0.717, 1.165) is 32.1 Å². The molecule has 0 aromatic carbocycles. The summed E-state index contributed by atoms with van der Waals surface area (Å²) >= 11 is 1.57. The summed E-state index contributed by atoms with van der Waals surface area (Å²) in [5, 5.41) is 2.52. The molecule has 1 N–H and O–H groups in total.